The first-order valence-electron chi connectivity index (χ1n) is 2.80. The highest BCUT2D eigenvalue weighted by molar-refractivity contribution is 6.01. The second kappa shape index (κ2) is 1.62. The zero-order valence-corrected chi connectivity index (χ0v) is 4.78. The van der Waals surface area contributed by atoms with Crippen LogP contribution in [0.5, 0.6) is 0 Å². The van der Waals surface area contributed by atoms with Crippen LogP contribution in [0.3, 0.4) is 0 Å². The van der Waals surface area contributed by atoms with Crippen LogP contribution in [-0.4, -0.2) is 5.84 Å². The fourth-order valence-corrected chi connectivity index (χ4v) is 0.831. The highest BCUT2D eigenvalue weighted by Gasteiger charge is 2.10. The average molecular weight is 119 g/mol. The Bertz CT molecular complexity index is 245. The van der Waals surface area contributed by atoms with Crippen LogP contribution in [0.4, 0.5) is 0 Å². The lowest BCUT2D eigenvalue weighted by atomic mass is 10.2. The minimum Gasteiger partial charge on any atom is -0.236 e. The summed E-state index contributed by atoms with van der Waals surface area (Å²) in [5.74, 6) is 0.775. The Kier molecular flexibility index (Phi) is 0.828. The molecule has 2 heterocycles. The molecule has 2 rings (SSSR count). The van der Waals surface area contributed by atoms with E-state index < -0.39 is 0 Å². The van der Waals surface area contributed by atoms with Gasteiger partial charge < -0.3 is 0 Å². The predicted molar refractivity (Wildman–Crippen MR) is 34.1 cm³/mol. The smallest absolute Gasteiger partial charge is 0.179 e. The predicted octanol–water partition coefficient (Wildman–Crippen LogP) is 1.65. The lowest BCUT2D eigenvalue weighted by molar-refractivity contribution is 1.25. The van der Waals surface area contributed by atoms with Gasteiger partial charge in [0.05, 0.1) is 6.20 Å². The lowest BCUT2D eigenvalue weighted by Crippen LogP contribution is -1.96. The van der Waals surface area contributed by atoms with Gasteiger partial charge in [0.15, 0.2) is 5.84 Å². The standard InChI is InChI=1S/C6H5N3/c1-2-5-4-8-9-6(5)7-3-1/h1,3-4H,2H2. The van der Waals surface area contributed by atoms with Gasteiger partial charge in [0.1, 0.15) is 0 Å². The number of allylic oxidation sites excluding steroid dienone is 1. The number of hydrogen-bond donors (Lipinski definition) is 0. The highest BCUT2D eigenvalue weighted by atomic mass is 15.2. The van der Waals surface area contributed by atoms with E-state index in [1.54, 1.807) is 12.4 Å². The Morgan fingerprint density at radius 3 is 3.33 bits per heavy atom. The van der Waals surface area contributed by atoms with Crippen molar-refractivity contribution >= 4 is 5.84 Å². The quantitative estimate of drug-likeness (QED) is 0.465. The molecule has 0 amide bonds. The number of nitrogens with zero attached hydrogens (tertiary/aromatic N) is 3. The Morgan fingerprint density at radius 2 is 2.44 bits per heavy atom. The van der Waals surface area contributed by atoms with Crippen LogP contribution >= 0.6 is 0 Å². The molecule has 0 aliphatic carbocycles. The summed E-state index contributed by atoms with van der Waals surface area (Å²) in [5.41, 5.74) is 1.12. The molecule has 3 nitrogen and oxygen atoms in total. The van der Waals surface area contributed by atoms with Crippen LogP contribution in [0.25, 0.3) is 0 Å². The second-order valence-corrected chi connectivity index (χ2v) is 1.91. The molecule has 0 fully saturated rings. The Labute approximate surface area is 52.5 Å². The highest BCUT2D eigenvalue weighted by Crippen LogP contribution is 2.16. The van der Waals surface area contributed by atoms with Crippen molar-refractivity contribution in [1.82, 2.24) is 0 Å². The molecule has 0 aromatic carbocycles. The third-order valence-electron chi connectivity index (χ3n) is 1.29. The summed E-state index contributed by atoms with van der Waals surface area (Å²) in [6, 6.07) is 0. The van der Waals surface area contributed by atoms with E-state index >= 15 is 0 Å². The van der Waals surface area contributed by atoms with Crippen molar-refractivity contribution in [3.63, 3.8) is 0 Å². The van der Waals surface area contributed by atoms with E-state index in [1.807, 2.05) is 6.08 Å². The third kappa shape index (κ3) is 0.614. The van der Waals surface area contributed by atoms with Crippen LogP contribution in [0.1, 0.15) is 6.42 Å². The van der Waals surface area contributed by atoms with E-state index in [0.717, 1.165) is 17.8 Å². The van der Waals surface area contributed by atoms with Gasteiger partial charge in [-0.15, -0.1) is 5.11 Å². The van der Waals surface area contributed by atoms with Gasteiger partial charge in [-0.3, -0.25) is 0 Å². The molecule has 0 atom stereocenters. The summed E-state index contributed by atoms with van der Waals surface area (Å²) in [4.78, 5) is 4.00. The molecule has 0 aromatic rings. The lowest BCUT2D eigenvalue weighted by Gasteiger charge is -1.98. The summed E-state index contributed by atoms with van der Waals surface area (Å²) in [6.45, 7) is 0. The summed E-state index contributed by atoms with van der Waals surface area (Å²) in [5, 5.41) is 7.51. The maximum Gasteiger partial charge on any atom is 0.179 e. The molecule has 2 aliphatic heterocycles. The normalized spacial score (nSPS) is 21.3. The molecule has 0 aromatic heterocycles. The van der Waals surface area contributed by atoms with Crippen molar-refractivity contribution < 1.29 is 0 Å². The number of azo groups is 1. The second-order valence-electron chi connectivity index (χ2n) is 1.91. The molecule has 0 spiro atoms. The van der Waals surface area contributed by atoms with Crippen molar-refractivity contribution in [2.24, 2.45) is 15.2 Å². The summed E-state index contributed by atoms with van der Waals surface area (Å²) >= 11 is 0. The maximum atomic E-state index is 4.00. The van der Waals surface area contributed by atoms with Crippen molar-refractivity contribution in [3.8, 4) is 0 Å². The third-order valence-corrected chi connectivity index (χ3v) is 1.29. The molecule has 3 heteroatoms. The van der Waals surface area contributed by atoms with Gasteiger partial charge in [0, 0.05) is 11.8 Å². The van der Waals surface area contributed by atoms with E-state index in [2.05, 4.69) is 15.2 Å². The van der Waals surface area contributed by atoms with E-state index in [0.29, 0.717) is 0 Å². The number of fused-ring (bicyclic) bond motifs is 1. The number of aliphatic imine (C=N–C) groups is 1. The molecule has 0 saturated heterocycles. The molecule has 0 N–H and O–H groups in total. The van der Waals surface area contributed by atoms with Gasteiger partial charge >= 0.3 is 0 Å². The Hall–Kier alpha value is -1.25. The fourth-order valence-electron chi connectivity index (χ4n) is 0.831. The van der Waals surface area contributed by atoms with Crippen LogP contribution in [0.15, 0.2) is 39.3 Å². The Balaban J connectivity index is 2.46. The zero-order valence-electron chi connectivity index (χ0n) is 4.78. The molecule has 9 heavy (non-hydrogen) atoms. The van der Waals surface area contributed by atoms with Gasteiger partial charge in [-0.25, -0.2) is 4.99 Å². The minimum atomic E-state index is 0.775. The Morgan fingerprint density at radius 1 is 1.44 bits per heavy atom. The first kappa shape index (κ1) is 4.61. The molecular weight excluding hydrogens is 114 g/mol. The maximum absolute atomic E-state index is 4.00. The van der Waals surface area contributed by atoms with E-state index in [1.165, 1.54) is 0 Å². The number of hydrogen-bond acceptors (Lipinski definition) is 3. The minimum absolute atomic E-state index is 0.775. The van der Waals surface area contributed by atoms with Crippen LogP contribution < -0.4 is 0 Å². The molecule has 44 valence electrons. The molecule has 0 unspecified atom stereocenters. The molecular formula is C6H5N3. The van der Waals surface area contributed by atoms with Crippen molar-refractivity contribution in [2.45, 2.75) is 6.42 Å². The van der Waals surface area contributed by atoms with Crippen molar-refractivity contribution in [3.05, 3.63) is 24.0 Å². The topological polar surface area (TPSA) is 37.1 Å². The van der Waals surface area contributed by atoms with Crippen LogP contribution in [-0.2, 0) is 0 Å². The van der Waals surface area contributed by atoms with E-state index in [-0.39, 0.29) is 0 Å². The monoisotopic (exact) mass is 119 g/mol. The van der Waals surface area contributed by atoms with Crippen LogP contribution in [0.2, 0.25) is 0 Å². The van der Waals surface area contributed by atoms with Crippen molar-refractivity contribution in [1.29, 1.82) is 0 Å². The van der Waals surface area contributed by atoms with E-state index in [4.69, 9.17) is 0 Å². The summed E-state index contributed by atoms with van der Waals surface area (Å²) in [6.07, 6.45) is 6.43. The van der Waals surface area contributed by atoms with Gasteiger partial charge in [-0.1, -0.05) is 6.08 Å². The fraction of sp³-hybridized carbons (Fsp3) is 0.167. The zero-order chi connectivity index (χ0) is 6.10. The molecule has 0 bridgehead atoms. The number of amidine groups is 1. The number of rotatable bonds is 0. The average Bonchev–Trinajstić information content (AvgIpc) is 2.33. The van der Waals surface area contributed by atoms with Gasteiger partial charge in [-0.05, 0) is 6.42 Å². The molecule has 0 radical (unpaired) electrons. The molecule has 0 saturated carbocycles. The van der Waals surface area contributed by atoms with Gasteiger partial charge in [0.2, 0.25) is 0 Å². The van der Waals surface area contributed by atoms with Crippen molar-refractivity contribution in [2.75, 3.05) is 0 Å². The molecule has 2 aliphatic rings. The first-order valence-corrected chi connectivity index (χ1v) is 2.80. The van der Waals surface area contributed by atoms with Gasteiger partial charge in [-0.2, -0.15) is 5.11 Å². The van der Waals surface area contributed by atoms with Crippen LogP contribution in [0, 0.1) is 0 Å². The van der Waals surface area contributed by atoms with Gasteiger partial charge in [0.25, 0.3) is 0 Å². The summed E-state index contributed by atoms with van der Waals surface area (Å²) < 4.78 is 0. The van der Waals surface area contributed by atoms with E-state index in [9.17, 15) is 0 Å². The largest absolute Gasteiger partial charge is 0.236 e. The first-order chi connectivity index (χ1) is 4.47. The SMILES string of the molecule is C1=CN=C2N=NC=C2C1. The summed E-state index contributed by atoms with van der Waals surface area (Å²) in [7, 11) is 0.